The molecule has 0 aliphatic heterocycles. The lowest BCUT2D eigenvalue weighted by molar-refractivity contribution is 0.306. The van der Waals surface area contributed by atoms with Crippen molar-refractivity contribution in [3.05, 3.63) is 62.2 Å². The third-order valence-electron chi connectivity index (χ3n) is 2.60. The highest BCUT2D eigenvalue weighted by Gasteiger charge is 2.04. The first-order valence-electron chi connectivity index (χ1n) is 5.62. The summed E-state index contributed by atoms with van der Waals surface area (Å²) in [6.07, 6.45) is 0. The van der Waals surface area contributed by atoms with Gasteiger partial charge in [0.05, 0.1) is 4.70 Å². The van der Waals surface area contributed by atoms with Crippen LogP contribution in [0.15, 0.2) is 56.1 Å². The van der Waals surface area contributed by atoms with Crippen molar-refractivity contribution in [2.45, 2.75) is 6.61 Å². The molecular formula is C14H9BrO3S. The van der Waals surface area contributed by atoms with Crippen LogP contribution in [-0.2, 0) is 6.61 Å². The second-order valence-corrected chi connectivity index (χ2v) is 5.87. The molecule has 0 amide bonds. The third-order valence-corrected chi connectivity index (χ3v) is 3.90. The Morgan fingerprint density at radius 3 is 2.95 bits per heavy atom. The van der Waals surface area contributed by atoms with Gasteiger partial charge in [-0.25, -0.2) is 4.79 Å². The van der Waals surface area contributed by atoms with E-state index in [-0.39, 0.29) is 4.94 Å². The molecule has 19 heavy (non-hydrogen) atoms. The van der Waals surface area contributed by atoms with E-state index in [0.717, 1.165) is 26.1 Å². The van der Waals surface area contributed by atoms with Crippen LogP contribution >= 0.6 is 27.3 Å². The molecule has 0 unspecified atom stereocenters. The summed E-state index contributed by atoms with van der Waals surface area (Å²) in [6.45, 7) is 0.472. The van der Waals surface area contributed by atoms with Gasteiger partial charge in [0.1, 0.15) is 12.4 Å². The Morgan fingerprint density at radius 1 is 1.21 bits per heavy atom. The van der Waals surface area contributed by atoms with E-state index in [1.807, 2.05) is 36.4 Å². The molecule has 2 aromatic carbocycles. The fourth-order valence-corrected chi connectivity index (χ4v) is 2.83. The lowest BCUT2D eigenvalue weighted by atomic mass is 10.2. The Labute approximate surface area is 121 Å². The molecule has 0 aliphatic rings. The van der Waals surface area contributed by atoms with Crippen molar-refractivity contribution >= 4 is 37.5 Å². The summed E-state index contributed by atoms with van der Waals surface area (Å²) in [6, 6.07) is 13.3. The van der Waals surface area contributed by atoms with E-state index < -0.39 is 0 Å². The van der Waals surface area contributed by atoms with Crippen LogP contribution in [0.3, 0.4) is 0 Å². The second-order valence-electron chi connectivity index (χ2n) is 3.98. The van der Waals surface area contributed by atoms with Crippen molar-refractivity contribution in [3.63, 3.8) is 0 Å². The lowest BCUT2D eigenvalue weighted by Crippen LogP contribution is -1.94. The highest BCUT2D eigenvalue weighted by molar-refractivity contribution is 9.10. The molecule has 0 N–H and O–H groups in total. The highest BCUT2D eigenvalue weighted by atomic mass is 79.9. The van der Waals surface area contributed by atoms with Crippen LogP contribution in [0.5, 0.6) is 5.75 Å². The first-order valence-corrected chi connectivity index (χ1v) is 7.22. The van der Waals surface area contributed by atoms with Crippen molar-refractivity contribution in [2.24, 2.45) is 0 Å². The number of ether oxygens (including phenoxy) is 1. The van der Waals surface area contributed by atoms with Gasteiger partial charge in [0.2, 0.25) is 0 Å². The first-order chi connectivity index (χ1) is 9.20. The molecule has 0 atom stereocenters. The van der Waals surface area contributed by atoms with Gasteiger partial charge < -0.3 is 9.15 Å². The topological polar surface area (TPSA) is 39.4 Å². The van der Waals surface area contributed by atoms with Crippen molar-refractivity contribution in [1.82, 2.24) is 0 Å². The fourth-order valence-electron chi connectivity index (χ4n) is 1.74. The zero-order chi connectivity index (χ0) is 13.2. The molecule has 0 bridgehead atoms. The van der Waals surface area contributed by atoms with Crippen molar-refractivity contribution < 1.29 is 9.15 Å². The number of rotatable bonds is 3. The van der Waals surface area contributed by atoms with E-state index in [9.17, 15) is 4.79 Å². The van der Waals surface area contributed by atoms with Crippen LogP contribution in [0.25, 0.3) is 10.3 Å². The van der Waals surface area contributed by atoms with Gasteiger partial charge in [-0.05, 0) is 29.8 Å². The van der Waals surface area contributed by atoms with E-state index in [1.54, 1.807) is 6.07 Å². The standard InChI is InChI=1S/C14H9BrO3S/c15-10-3-1-2-9(6-10)8-17-11-4-5-13-12(7-11)18-14(16)19-13/h1-7H,8H2. The summed E-state index contributed by atoms with van der Waals surface area (Å²) < 4.78 is 12.6. The molecule has 0 saturated heterocycles. The predicted molar refractivity (Wildman–Crippen MR) is 78.8 cm³/mol. The highest BCUT2D eigenvalue weighted by Crippen LogP contribution is 2.23. The zero-order valence-corrected chi connectivity index (χ0v) is 12.2. The van der Waals surface area contributed by atoms with Gasteiger partial charge in [-0.2, -0.15) is 0 Å². The Morgan fingerprint density at radius 2 is 2.11 bits per heavy atom. The predicted octanol–water partition coefficient (Wildman–Crippen LogP) is 4.20. The quantitative estimate of drug-likeness (QED) is 0.719. The molecule has 3 nitrogen and oxygen atoms in total. The maximum Gasteiger partial charge on any atom is 0.396 e. The number of hydrogen-bond donors (Lipinski definition) is 0. The molecule has 3 rings (SSSR count). The van der Waals surface area contributed by atoms with Crippen molar-refractivity contribution in [1.29, 1.82) is 0 Å². The Hall–Kier alpha value is -1.59. The number of halogens is 1. The van der Waals surface area contributed by atoms with Gasteiger partial charge in [-0.1, -0.05) is 39.4 Å². The maximum atomic E-state index is 11.1. The summed E-state index contributed by atoms with van der Waals surface area (Å²) in [4.78, 5) is 10.8. The molecule has 0 aliphatic carbocycles. The molecule has 0 radical (unpaired) electrons. The zero-order valence-electron chi connectivity index (χ0n) is 9.76. The molecule has 1 heterocycles. The molecule has 3 aromatic rings. The van der Waals surface area contributed by atoms with Crippen LogP contribution in [0.1, 0.15) is 5.56 Å². The second kappa shape index (κ2) is 5.19. The molecular weight excluding hydrogens is 328 g/mol. The number of benzene rings is 2. The molecule has 5 heteroatoms. The average Bonchev–Trinajstić information content (AvgIpc) is 2.75. The Bertz CT molecular complexity index is 775. The van der Waals surface area contributed by atoms with Gasteiger partial charge in [0.25, 0.3) is 0 Å². The summed E-state index contributed by atoms with van der Waals surface area (Å²) in [5.74, 6) is 0.689. The molecule has 0 spiro atoms. The smallest absolute Gasteiger partial charge is 0.396 e. The summed E-state index contributed by atoms with van der Waals surface area (Å²) in [5, 5.41) is 0. The van der Waals surface area contributed by atoms with Crippen molar-refractivity contribution in [2.75, 3.05) is 0 Å². The normalized spacial score (nSPS) is 10.8. The average molecular weight is 337 g/mol. The Balaban J connectivity index is 1.79. The summed E-state index contributed by atoms with van der Waals surface area (Å²) in [5.41, 5.74) is 1.64. The van der Waals surface area contributed by atoms with Crippen LogP contribution in [0.4, 0.5) is 0 Å². The first kappa shape index (κ1) is 12.4. The number of fused-ring (bicyclic) bond motifs is 1. The van der Waals surface area contributed by atoms with Gasteiger partial charge in [-0.15, -0.1) is 0 Å². The van der Waals surface area contributed by atoms with Crippen LogP contribution < -0.4 is 9.68 Å². The van der Waals surface area contributed by atoms with Crippen molar-refractivity contribution in [3.8, 4) is 5.75 Å². The van der Waals surface area contributed by atoms with E-state index >= 15 is 0 Å². The minimum Gasteiger partial charge on any atom is -0.489 e. The van der Waals surface area contributed by atoms with Crippen LogP contribution in [-0.4, -0.2) is 0 Å². The van der Waals surface area contributed by atoms with E-state index in [2.05, 4.69) is 15.9 Å². The van der Waals surface area contributed by atoms with E-state index in [0.29, 0.717) is 17.9 Å². The number of hydrogen-bond acceptors (Lipinski definition) is 4. The van der Waals surface area contributed by atoms with Gasteiger partial charge in [0.15, 0.2) is 5.58 Å². The maximum absolute atomic E-state index is 11.1. The lowest BCUT2D eigenvalue weighted by Gasteiger charge is -2.06. The van der Waals surface area contributed by atoms with E-state index in [1.165, 1.54) is 0 Å². The SMILES string of the molecule is O=c1oc2cc(OCc3cccc(Br)c3)ccc2s1. The van der Waals surface area contributed by atoms with Crippen LogP contribution in [0, 0.1) is 0 Å². The van der Waals surface area contributed by atoms with Crippen LogP contribution in [0.2, 0.25) is 0 Å². The fraction of sp³-hybridized carbons (Fsp3) is 0.0714. The minimum absolute atomic E-state index is 0.292. The molecule has 0 saturated carbocycles. The van der Waals surface area contributed by atoms with Gasteiger partial charge in [0, 0.05) is 10.5 Å². The third kappa shape index (κ3) is 2.88. The summed E-state index contributed by atoms with van der Waals surface area (Å²) >= 11 is 4.51. The van der Waals surface area contributed by atoms with Gasteiger partial charge in [-0.3, -0.25) is 0 Å². The molecule has 0 fully saturated rings. The van der Waals surface area contributed by atoms with E-state index in [4.69, 9.17) is 9.15 Å². The summed E-state index contributed by atoms with van der Waals surface area (Å²) in [7, 11) is 0. The van der Waals surface area contributed by atoms with Gasteiger partial charge >= 0.3 is 4.94 Å². The largest absolute Gasteiger partial charge is 0.489 e. The monoisotopic (exact) mass is 336 g/mol. The molecule has 96 valence electrons. The minimum atomic E-state index is -0.292. The molecule has 1 aromatic heterocycles. The Kier molecular flexibility index (Phi) is 3.40.